The van der Waals surface area contributed by atoms with E-state index >= 15 is 0 Å². The van der Waals surface area contributed by atoms with E-state index in [2.05, 4.69) is 17.6 Å². The lowest BCUT2D eigenvalue weighted by Crippen LogP contribution is -2.61. The smallest absolute Gasteiger partial charge is 0.411 e. The lowest BCUT2D eigenvalue weighted by molar-refractivity contribution is -0.185. The van der Waals surface area contributed by atoms with Crippen molar-refractivity contribution in [3.63, 3.8) is 0 Å². The number of aliphatic hydroxyl groups is 2. The SMILES string of the molecule is COc1cc(NC(=O)OC2CCC3(C)C(CC(=O)NCc4ccco4)C(O)CCC3C2(C)CO)cc(OC)c1OC. The number of methoxy groups -OCH3 is 3. The van der Waals surface area contributed by atoms with Crippen molar-refractivity contribution in [2.75, 3.05) is 33.3 Å². The van der Waals surface area contributed by atoms with Gasteiger partial charge >= 0.3 is 6.09 Å². The van der Waals surface area contributed by atoms with Gasteiger partial charge in [0.1, 0.15) is 11.9 Å². The van der Waals surface area contributed by atoms with Gasteiger partial charge in [0, 0.05) is 24.0 Å². The molecule has 2 aliphatic carbocycles. The van der Waals surface area contributed by atoms with E-state index in [1.807, 2.05) is 6.92 Å². The molecule has 1 aromatic heterocycles. The van der Waals surface area contributed by atoms with Crippen LogP contribution in [0.1, 0.15) is 51.7 Å². The van der Waals surface area contributed by atoms with E-state index < -0.39 is 29.1 Å². The summed E-state index contributed by atoms with van der Waals surface area (Å²) in [6, 6.07) is 6.77. The van der Waals surface area contributed by atoms with Crippen molar-refractivity contribution in [2.24, 2.45) is 22.7 Å². The highest BCUT2D eigenvalue weighted by molar-refractivity contribution is 5.86. The molecule has 11 heteroatoms. The van der Waals surface area contributed by atoms with Gasteiger partial charge in [0.25, 0.3) is 0 Å². The summed E-state index contributed by atoms with van der Waals surface area (Å²) in [5, 5.41) is 27.3. The van der Waals surface area contributed by atoms with Crippen molar-refractivity contribution in [1.82, 2.24) is 5.32 Å². The van der Waals surface area contributed by atoms with Crippen LogP contribution in [0, 0.1) is 22.7 Å². The van der Waals surface area contributed by atoms with Crippen LogP contribution in [0.25, 0.3) is 0 Å². The number of aliphatic hydroxyl groups excluding tert-OH is 2. The molecule has 11 nitrogen and oxygen atoms in total. The van der Waals surface area contributed by atoms with Crippen LogP contribution in [0.2, 0.25) is 0 Å². The Balaban J connectivity index is 1.47. The number of ether oxygens (including phenoxy) is 4. The molecule has 2 aliphatic rings. The van der Waals surface area contributed by atoms with Crippen LogP contribution in [-0.4, -0.2) is 62.4 Å². The fraction of sp³-hybridized carbons (Fsp3) is 0.600. The molecule has 6 atom stereocenters. The number of nitrogens with one attached hydrogen (secondary N) is 2. The molecule has 1 aromatic carbocycles. The zero-order valence-corrected chi connectivity index (χ0v) is 24.4. The molecule has 0 spiro atoms. The number of furan rings is 1. The van der Waals surface area contributed by atoms with E-state index in [0.717, 1.165) is 0 Å². The summed E-state index contributed by atoms with van der Waals surface area (Å²) >= 11 is 0. The molecule has 0 saturated heterocycles. The van der Waals surface area contributed by atoms with E-state index in [4.69, 9.17) is 23.4 Å². The predicted molar refractivity (Wildman–Crippen MR) is 150 cm³/mol. The topological polar surface area (TPSA) is 149 Å². The molecule has 41 heavy (non-hydrogen) atoms. The van der Waals surface area contributed by atoms with Gasteiger partial charge in [0.05, 0.1) is 52.5 Å². The van der Waals surface area contributed by atoms with Crippen LogP contribution in [0.3, 0.4) is 0 Å². The normalized spacial score (nSPS) is 29.1. The Hall–Kier alpha value is -3.44. The highest BCUT2D eigenvalue weighted by Crippen LogP contribution is 2.61. The maximum atomic E-state index is 13.1. The maximum absolute atomic E-state index is 13.1. The van der Waals surface area contributed by atoms with Crippen molar-refractivity contribution in [3.8, 4) is 17.2 Å². The Morgan fingerprint density at radius 2 is 1.78 bits per heavy atom. The number of benzene rings is 1. The fourth-order valence-corrected chi connectivity index (χ4v) is 7.08. The van der Waals surface area contributed by atoms with Gasteiger partial charge in [-0.1, -0.05) is 13.8 Å². The second-order valence-corrected chi connectivity index (χ2v) is 11.5. The first-order valence-corrected chi connectivity index (χ1v) is 13.9. The maximum Gasteiger partial charge on any atom is 0.411 e. The molecule has 2 aromatic rings. The molecule has 6 unspecified atom stereocenters. The minimum absolute atomic E-state index is 0.0843. The van der Waals surface area contributed by atoms with Crippen LogP contribution in [0.5, 0.6) is 17.2 Å². The van der Waals surface area contributed by atoms with E-state index in [1.54, 1.807) is 30.5 Å². The van der Waals surface area contributed by atoms with Gasteiger partial charge in [-0.2, -0.15) is 0 Å². The average Bonchev–Trinajstić information content (AvgIpc) is 3.48. The Morgan fingerprint density at radius 1 is 1.07 bits per heavy atom. The number of amides is 2. The summed E-state index contributed by atoms with van der Waals surface area (Å²) in [7, 11) is 4.47. The van der Waals surface area contributed by atoms with Crippen molar-refractivity contribution in [2.45, 2.75) is 64.7 Å². The molecular weight excluding hydrogens is 532 g/mol. The number of hydrogen-bond donors (Lipinski definition) is 4. The average molecular weight is 575 g/mol. The predicted octanol–water partition coefficient (Wildman–Crippen LogP) is 4.11. The third-order valence-corrected chi connectivity index (χ3v) is 9.28. The van der Waals surface area contributed by atoms with Gasteiger partial charge in [-0.25, -0.2) is 4.79 Å². The highest BCUT2D eigenvalue weighted by Gasteiger charge is 2.60. The molecule has 2 amide bonds. The Kier molecular flexibility index (Phi) is 9.38. The summed E-state index contributed by atoms with van der Waals surface area (Å²) < 4.78 is 27.3. The van der Waals surface area contributed by atoms with Gasteiger partial charge in [0.2, 0.25) is 11.7 Å². The third kappa shape index (κ3) is 6.11. The molecule has 0 radical (unpaired) electrons. The van der Waals surface area contributed by atoms with Gasteiger partial charge in [-0.3, -0.25) is 10.1 Å². The molecule has 2 saturated carbocycles. The molecule has 2 fully saturated rings. The number of hydrogen-bond acceptors (Lipinski definition) is 9. The molecule has 1 heterocycles. The Labute approximate surface area is 240 Å². The third-order valence-electron chi connectivity index (χ3n) is 9.28. The van der Waals surface area contributed by atoms with Gasteiger partial charge in [-0.05, 0) is 55.1 Å². The molecular formula is C30H42N2O9. The van der Waals surface area contributed by atoms with Crippen molar-refractivity contribution in [3.05, 3.63) is 36.3 Å². The molecule has 0 bridgehead atoms. The van der Waals surface area contributed by atoms with Crippen LogP contribution >= 0.6 is 0 Å². The van der Waals surface area contributed by atoms with Gasteiger partial charge in [0.15, 0.2) is 11.5 Å². The van der Waals surface area contributed by atoms with Crippen molar-refractivity contribution < 1.29 is 43.2 Å². The first-order valence-electron chi connectivity index (χ1n) is 13.9. The Bertz CT molecular complexity index is 1180. The van der Waals surface area contributed by atoms with Gasteiger partial charge < -0.3 is 38.9 Å². The van der Waals surface area contributed by atoms with Crippen molar-refractivity contribution in [1.29, 1.82) is 0 Å². The van der Waals surface area contributed by atoms with E-state index in [0.29, 0.717) is 54.4 Å². The van der Waals surface area contributed by atoms with Gasteiger partial charge in [-0.15, -0.1) is 0 Å². The number of rotatable bonds is 10. The summed E-state index contributed by atoms with van der Waals surface area (Å²) in [6.07, 6.45) is 2.07. The van der Waals surface area contributed by atoms with Crippen molar-refractivity contribution >= 4 is 17.7 Å². The minimum atomic E-state index is -0.775. The first-order chi connectivity index (χ1) is 19.6. The fourth-order valence-electron chi connectivity index (χ4n) is 7.08. The quantitative estimate of drug-likeness (QED) is 0.329. The second-order valence-electron chi connectivity index (χ2n) is 11.5. The lowest BCUT2D eigenvalue weighted by atomic mass is 9.46. The van der Waals surface area contributed by atoms with Crippen LogP contribution < -0.4 is 24.8 Å². The number of carbonyl (C=O) groups excluding carboxylic acids is 2. The van der Waals surface area contributed by atoms with Crippen LogP contribution in [0.15, 0.2) is 34.9 Å². The zero-order chi connectivity index (χ0) is 29.8. The molecule has 226 valence electrons. The van der Waals surface area contributed by atoms with E-state index in [-0.39, 0.29) is 37.3 Å². The summed E-state index contributed by atoms with van der Waals surface area (Å²) in [4.78, 5) is 26.0. The first kappa shape index (κ1) is 30.5. The standard InChI is InChI=1S/C30H42N2O9/c1-29-11-10-25(41-28(36)32-18-13-22(37-3)27(39-5)23(14-18)38-4)30(2,17-33)24(29)9-8-21(34)20(29)15-26(35)31-16-19-7-6-12-40-19/h6-7,12-14,20-21,24-25,33-34H,8-11,15-17H2,1-5H3,(H,31,35)(H,32,36). The molecule has 4 N–H and O–H groups in total. The van der Waals surface area contributed by atoms with E-state index in [1.165, 1.54) is 21.3 Å². The Morgan fingerprint density at radius 3 is 2.37 bits per heavy atom. The molecule has 0 aliphatic heterocycles. The monoisotopic (exact) mass is 574 g/mol. The second kappa shape index (κ2) is 12.6. The van der Waals surface area contributed by atoms with Crippen LogP contribution in [-0.2, 0) is 16.1 Å². The zero-order valence-electron chi connectivity index (χ0n) is 24.4. The number of fused-ring (bicyclic) bond motifs is 1. The number of carbonyl (C=O) groups is 2. The summed E-state index contributed by atoms with van der Waals surface area (Å²) in [6.45, 7) is 4.09. The largest absolute Gasteiger partial charge is 0.493 e. The van der Waals surface area contributed by atoms with Crippen LogP contribution in [0.4, 0.5) is 10.5 Å². The highest BCUT2D eigenvalue weighted by atomic mass is 16.6. The lowest BCUT2D eigenvalue weighted by Gasteiger charge is -2.60. The van der Waals surface area contributed by atoms with E-state index in [9.17, 15) is 19.8 Å². The molecule has 4 rings (SSSR count). The summed E-state index contributed by atoms with van der Waals surface area (Å²) in [5.74, 6) is 1.27. The summed E-state index contributed by atoms with van der Waals surface area (Å²) in [5.41, 5.74) is -0.815. The number of anilines is 1. The minimum Gasteiger partial charge on any atom is -0.493 e.